The van der Waals surface area contributed by atoms with Crippen LogP contribution in [0.3, 0.4) is 0 Å². The summed E-state index contributed by atoms with van der Waals surface area (Å²) < 4.78 is 47.3. The molecule has 3 aromatic rings. The number of amides is 2. The second-order valence-electron chi connectivity index (χ2n) is 8.81. The van der Waals surface area contributed by atoms with Gasteiger partial charge in [0.2, 0.25) is 0 Å². The van der Waals surface area contributed by atoms with Gasteiger partial charge in [-0.1, -0.05) is 19.9 Å². The molecule has 3 N–H and O–H groups in total. The van der Waals surface area contributed by atoms with Crippen molar-refractivity contribution < 1.29 is 32.6 Å². The molecular formula is C24H25F3N4O4S. The molecule has 36 heavy (non-hydrogen) atoms. The monoisotopic (exact) mass is 522 g/mol. The van der Waals surface area contributed by atoms with Crippen molar-refractivity contribution in [1.82, 2.24) is 15.3 Å². The van der Waals surface area contributed by atoms with Crippen LogP contribution in [0.2, 0.25) is 0 Å². The first-order valence-electron chi connectivity index (χ1n) is 10.9. The summed E-state index contributed by atoms with van der Waals surface area (Å²) in [5.41, 5.74) is -1.46. The lowest BCUT2D eigenvalue weighted by atomic mass is 9.91. The highest BCUT2D eigenvalue weighted by atomic mass is 32.1. The third-order valence-electron chi connectivity index (χ3n) is 5.06. The van der Waals surface area contributed by atoms with Crippen LogP contribution < -0.4 is 15.4 Å². The summed E-state index contributed by atoms with van der Waals surface area (Å²) >= 11 is 1.14. The SMILES string of the molecule is CC(C)CC(C)(COc1ccc(-c2ccnc(NC(=O)c3nccs3)c2)cc1C(F)(F)F)NC(=O)O. The molecule has 0 fully saturated rings. The zero-order chi connectivity index (χ0) is 26.5. The first kappa shape index (κ1) is 26.9. The fraction of sp³-hybridized carbons (Fsp3) is 0.333. The van der Waals surface area contributed by atoms with Crippen LogP contribution >= 0.6 is 11.3 Å². The standard InChI is InChI=1S/C24H25F3N4O4S/c1-14(2)12-23(3,31-22(33)34)13-35-18-5-4-15(10-17(18)24(25,26)27)16-6-7-28-19(11-16)30-20(32)21-29-8-9-36-21/h4-11,14,31H,12-13H2,1-3H3,(H,33,34)(H,28,30,32). The minimum absolute atomic E-state index is 0.0758. The maximum Gasteiger partial charge on any atom is 0.419 e. The molecule has 0 saturated heterocycles. The number of nitrogens with one attached hydrogen (secondary N) is 2. The Labute approximate surface area is 209 Å². The van der Waals surface area contributed by atoms with E-state index in [1.54, 1.807) is 12.3 Å². The average molecular weight is 523 g/mol. The van der Waals surface area contributed by atoms with Gasteiger partial charge in [0.1, 0.15) is 18.2 Å². The van der Waals surface area contributed by atoms with Gasteiger partial charge in [-0.05, 0) is 54.7 Å². The largest absolute Gasteiger partial charge is 0.491 e. The van der Waals surface area contributed by atoms with E-state index >= 15 is 0 Å². The summed E-state index contributed by atoms with van der Waals surface area (Å²) in [6.07, 6.45) is -2.79. The normalized spacial score (nSPS) is 13.2. The fourth-order valence-electron chi connectivity index (χ4n) is 3.78. The summed E-state index contributed by atoms with van der Waals surface area (Å²) in [5.74, 6) is -0.661. The number of thiazole rings is 1. The highest BCUT2D eigenvalue weighted by Gasteiger charge is 2.36. The third-order valence-corrected chi connectivity index (χ3v) is 5.83. The molecule has 8 nitrogen and oxygen atoms in total. The Balaban J connectivity index is 1.87. The highest BCUT2D eigenvalue weighted by molar-refractivity contribution is 7.11. The van der Waals surface area contributed by atoms with Gasteiger partial charge in [0.25, 0.3) is 5.91 Å². The second kappa shape index (κ2) is 10.9. The van der Waals surface area contributed by atoms with E-state index < -0.39 is 35.0 Å². The molecule has 0 radical (unpaired) electrons. The Bertz CT molecular complexity index is 1220. The number of carbonyl (C=O) groups is 2. The Hall–Kier alpha value is -3.67. The van der Waals surface area contributed by atoms with Crippen LogP contribution in [0.1, 0.15) is 42.6 Å². The van der Waals surface area contributed by atoms with Gasteiger partial charge in [-0.15, -0.1) is 11.3 Å². The van der Waals surface area contributed by atoms with E-state index in [-0.39, 0.29) is 28.9 Å². The van der Waals surface area contributed by atoms with Crippen molar-refractivity contribution in [3.05, 3.63) is 58.7 Å². The van der Waals surface area contributed by atoms with Gasteiger partial charge in [0, 0.05) is 17.8 Å². The highest BCUT2D eigenvalue weighted by Crippen LogP contribution is 2.39. The Morgan fingerprint density at radius 2 is 1.83 bits per heavy atom. The van der Waals surface area contributed by atoms with Crippen LogP contribution in [-0.4, -0.2) is 39.2 Å². The van der Waals surface area contributed by atoms with Crippen molar-refractivity contribution in [3.63, 3.8) is 0 Å². The van der Waals surface area contributed by atoms with E-state index in [1.807, 2.05) is 13.8 Å². The first-order valence-corrected chi connectivity index (χ1v) is 11.8. The van der Waals surface area contributed by atoms with Crippen LogP contribution in [0, 0.1) is 5.92 Å². The molecular weight excluding hydrogens is 497 g/mol. The number of hydrogen-bond acceptors (Lipinski definition) is 6. The molecule has 2 amide bonds. The summed E-state index contributed by atoms with van der Waals surface area (Å²) in [6.45, 7) is 5.05. The van der Waals surface area contributed by atoms with E-state index in [2.05, 4.69) is 20.6 Å². The van der Waals surface area contributed by atoms with E-state index in [0.717, 1.165) is 17.4 Å². The van der Waals surface area contributed by atoms with Gasteiger partial charge in [0.05, 0.1) is 11.1 Å². The number of aromatic nitrogens is 2. The van der Waals surface area contributed by atoms with Crippen molar-refractivity contribution in [2.24, 2.45) is 5.92 Å². The van der Waals surface area contributed by atoms with Crippen LogP contribution in [-0.2, 0) is 6.18 Å². The number of rotatable bonds is 9. The topological polar surface area (TPSA) is 113 Å². The zero-order valence-corrected chi connectivity index (χ0v) is 20.5. The zero-order valence-electron chi connectivity index (χ0n) is 19.7. The Morgan fingerprint density at radius 3 is 2.44 bits per heavy atom. The van der Waals surface area contributed by atoms with Crippen molar-refractivity contribution in [2.75, 3.05) is 11.9 Å². The number of ether oxygens (including phenoxy) is 1. The van der Waals surface area contributed by atoms with Crippen molar-refractivity contribution in [1.29, 1.82) is 0 Å². The summed E-state index contributed by atoms with van der Waals surface area (Å²) in [7, 11) is 0. The molecule has 0 spiro atoms. The van der Waals surface area contributed by atoms with Crippen molar-refractivity contribution in [3.8, 4) is 16.9 Å². The predicted molar refractivity (Wildman–Crippen MR) is 129 cm³/mol. The minimum Gasteiger partial charge on any atom is -0.491 e. The number of anilines is 1. The fourth-order valence-corrected chi connectivity index (χ4v) is 4.31. The molecule has 2 aromatic heterocycles. The number of pyridine rings is 1. The number of carboxylic acid groups (broad SMARTS) is 1. The molecule has 1 atom stereocenters. The lowest BCUT2D eigenvalue weighted by Gasteiger charge is -2.31. The third kappa shape index (κ3) is 7.17. The van der Waals surface area contributed by atoms with E-state index in [9.17, 15) is 22.8 Å². The molecule has 0 aliphatic rings. The van der Waals surface area contributed by atoms with Gasteiger partial charge in [-0.2, -0.15) is 13.2 Å². The summed E-state index contributed by atoms with van der Waals surface area (Å²) in [4.78, 5) is 31.4. The molecule has 2 heterocycles. The molecule has 12 heteroatoms. The molecule has 1 aromatic carbocycles. The Morgan fingerprint density at radius 1 is 1.11 bits per heavy atom. The molecule has 1 unspecified atom stereocenters. The molecule has 3 rings (SSSR count). The smallest absolute Gasteiger partial charge is 0.419 e. The number of alkyl halides is 3. The molecule has 0 saturated carbocycles. The second-order valence-corrected chi connectivity index (χ2v) is 9.70. The van der Waals surface area contributed by atoms with E-state index in [1.165, 1.54) is 36.7 Å². The number of halogens is 3. The predicted octanol–water partition coefficient (Wildman–Crippen LogP) is 5.93. The van der Waals surface area contributed by atoms with Gasteiger partial charge in [0.15, 0.2) is 5.01 Å². The van der Waals surface area contributed by atoms with E-state index in [4.69, 9.17) is 9.84 Å². The van der Waals surface area contributed by atoms with Gasteiger partial charge in [-0.3, -0.25) is 4.79 Å². The van der Waals surface area contributed by atoms with Gasteiger partial charge >= 0.3 is 12.3 Å². The maximum atomic E-state index is 13.9. The quantitative estimate of drug-likeness (QED) is 0.321. The molecule has 192 valence electrons. The molecule has 0 aliphatic carbocycles. The number of nitrogens with zero attached hydrogens (tertiary/aromatic N) is 2. The Kier molecular flexibility index (Phi) is 8.18. The maximum absolute atomic E-state index is 13.9. The summed E-state index contributed by atoms with van der Waals surface area (Å²) in [5, 5.41) is 16.0. The lowest BCUT2D eigenvalue weighted by molar-refractivity contribution is -0.139. The molecule has 0 aliphatic heterocycles. The van der Waals surface area contributed by atoms with Crippen LogP contribution in [0.5, 0.6) is 5.75 Å². The van der Waals surface area contributed by atoms with Crippen molar-refractivity contribution >= 4 is 29.2 Å². The molecule has 0 bridgehead atoms. The van der Waals surface area contributed by atoms with Crippen LogP contribution in [0.15, 0.2) is 48.1 Å². The number of carbonyl (C=O) groups excluding carboxylic acids is 1. The van der Waals surface area contributed by atoms with Gasteiger partial charge < -0.3 is 20.5 Å². The lowest BCUT2D eigenvalue weighted by Crippen LogP contribution is -2.50. The minimum atomic E-state index is -4.73. The van der Waals surface area contributed by atoms with Crippen LogP contribution in [0.25, 0.3) is 11.1 Å². The van der Waals surface area contributed by atoms with Gasteiger partial charge in [-0.25, -0.2) is 14.8 Å². The average Bonchev–Trinajstić information content (AvgIpc) is 3.31. The number of benzene rings is 1. The summed E-state index contributed by atoms with van der Waals surface area (Å²) in [6, 6.07) is 6.57. The first-order chi connectivity index (χ1) is 16.9. The van der Waals surface area contributed by atoms with E-state index in [0.29, 0.717) is 12.0 Å². The van der Waals surface area contributed by atoms with Crippen molar-refractivity contribution in [2.45, 2.75) is 38.9 Å². The number of hydrogen-bond donors (Lipinski definition) is 3. The van der Waals surface area contributed by atoms with Crippen LogP contribution in [0.4, 0.5) is 23.8 Å².